The summed E-state index contributed by atoms with van der Waals surface area (Å²) >= 11 is 0. The van der Waals surface area contributed by atoms with E-state index in [2.05, 4.69) is 10.9 Å². The SMILES string of the molecule is O=C(NNC(=O)C1CCCO1)c1ccc(O)cc1. The molecule has 1 fully saturated rings. The maximum atomic E-state index is 11.6. The lowest BCUT2D eigenvalue weighted by molar-refractivity contribution is -0.130. The molecule has 1 aromatic carbocycles. The monoisotopic (exact) mass is 250 g/mol. The van der Waals surface area contributed by atoms with Gasteiger partial charge in [0.15, 0.2) is 0 Å². The number of hydrazine groups is 1. The summed E-state index contributed by atoms with van der Waals surface area (Å²) in [7, 11) is 0. The van der Waals surface area contributed by atoms with Gasteiger partial charge in [-0.1, -0.05) is 0 Å². The van der Waals surface area contributed by atoms with E-state index in [1.165, 1.54) is 24.3 Å². The van der Waals surface area contributed by atoms with Crippen LogP contribution in [-0.2, 0) is 9.53 Å². The lowest BCUT2D eigenvalue weighted by atomic mass is 10.2. The van der Waals surface area contributed by atoms with Crippen molar-refractivity contribution in [2.45, 2.75) is 18.9 Å². The largest absolute Gasteiger partial charge is 0.508 e. The Bertz CT molecular complexity index is 438. The second-order valence-electron chi connectivity index (χ2n) is 3.99. The molecular weight excluding hydrogens is 236 g/mol. The van der Waals surface area contributed by atoms with Crippen LogP contribution in [0.15, 0.2) is 24.3 Å². The molecule has 1 atom stereocenters. The second-order valence-corrected chi connectivity index (χ2v) is 3.99. The molecule has 1 unspecified atom stereocenters. The van der Waals surface area contributed by atoms with Crippen LogP contribution in [-0.4, -0.2) is 29.6 Å². The first kappa shape index (κ1) is 12.4. The van der Waals surface area contributed by atoms with Crippen LogP contribution in [0.3, 0.4) is 0 Å². The predicted molar refractivity (Wildman–Crippen MR) is 62.7 cm³/mol. The molecule has 1 aliphatic rings. The van der Waals surface area contributed by atoms with Crippen LogP contribution in [0, 0.1) is 0 Å². The van der Waals surface area contributed by atoms with E-state index in [-0.39, 0.29) is 11.7 Å². The molecule has 0 aromatic heterocycles. The van der Waals surface area contributed by atoms with Gasteiger partial charge in [-0.2, -0.15) is 0 Å². The summed E-state index contributed by atoms with van der Waals surface area (Å²) in [4.78, 5) is 23.2. The van der Waals surface area contributed by atoms with Gasteiger partial charge in [-0.3, -0.25) is 20.4 Å². The van der Waals surface area contributed by atoms with E-state index in [4.69, 9.17) is 9.84 Å². The third-order valence-electron chi connectivity index (χ3n) is 2.65. The number of phenols is 1. The molecule has 6 nitrogen and oxygen atoms in total. The summed E-state index contributed by atoms with van der Waals surface area (Å²) in [6, 6.07) is 5.72. The molecule has 0 spiro atoms. The molecule has 1 aromatic rings. The lowest BCUT2D eigenvalue weighted by Gasteiger charge is -2.11. The Kier molecular flexibility index (Phi) is 3.78. The zero-order valence-electron chi connectivity index (χ0n) is 9.68. The number of ether oxygens (including phenoxy) is 1. The zero-order chi connectivity index (χ0) is 13.0. The van der Waals surface area contributed by atoms with Crippen LogP contribution >= 0.6 is 0 Å². The molecule has 1 saturated heterocycles. The Morgan fingerprint density at radius 2 is 1.94 bits per heavy atom. The summed E-state index contributed by atoms with van der Waals surface area (Å²) in [5.74, 6) is -0.712. The average Bonchev–Trinajstić information content (AvgIpc) is 2.90. The molecule has 3 N–H and O–H groups in total. The van der Waals surface area contributed by atoms with Gasteiger partial charge in [-0.25, -0.2) is 0 Å². The summed E-state index contributed by atoms with van der Waals surface area (Å²) in [5.41, 5.74) is 4.95. The summed E-state index contributed by atoms with van der Waals surface area (Å²) in [5, 5.41) is 9.08. The minimum atomic E-state index is -0.481. The molecule has 18 heavy (non-hydrogen) atoms. The predicted octanol–water partition coefficient (Wildman–Crippen LogP) is 0.332. The molecule has 0 saturated carbocycles. The third kappa shape index (κ3) is 2.98. The van der Waals surface area contributed by atoms with E-state index in [1.54, 1.807) is 0 Å². The number of amides is 2. The minimum absolute atomic E-state index is 0.0786. The fourth-order valence-electron chi connectivity index (χ4n) is 1.67. The Labute approximate surface area is 104 Å². The Hall–Kier alpha value is -2.08. The Balaban J connectivity index is 1.84. The van der Waals surface area contributed by atoms with Crippen molar-refractivity contribution in [2.24, 2.45) is 0 Å². The van der Waals surface area contributed by atoms with Gasteiger partial charge in [0.25, 0.3) is 11.8 Å². The van der Waals surface area contributed by atoms with E-state index in [9.17, 15) is 9.59 Å². The van der Waals surface area contributed by atoms with E-state index in [0.717, 1.165) is 6.42 Å². The molecule has 6 heteroatoms. The maximum Gasteiger partial charge on any atom is 0.269 e. The van der Waals surface area contributed by atoms with Crippen molar-refractivity contribution >= 4 is 11.8 Å². The molecule has 96 valence electrons. The smallest absolute Gasteiger partial charge is 0.269 e. The fraction of sp³-hybridized carbons (Fsp3) is 0.333. The van der Waals surface area contributed by atoms with Crippen LogP contribution in [0.1, 0.15) is 23.2 Å². The highest BCUT2D eigenvalue weighted by Gasteiger charge is 2.23. The van der Waals surface area contributed by atoms with Crippen molar-refractivity contribution in [1.29, 1.82) is 0 Å². The second kappa shape index (κ2) is 5.50. The van der Waals surface area contributed by atoms with Crippen molar-refractivity contribution in [2.75, 3.05) is 6.61 Å². The number of nitrogens with one attached hydrogen (secondary N) is 2. The molecular formula is C12H14N2O4. The number of carbonyl (C=O) groups is 2. The highest BCUT2D eigenvalue weighted by Crippen LogP contribution is 2.11. The first-order chi connectivity index (χ1) is 8.66. The van der Waals surface area contributed by atoms with Crippen LogP contribution in [0.2, 0.25) is 0 Å². The standard InChI is InChI=1S/C12H14N2O4/c15-9-5-3-8(4-6-9)11(16)13-14-12(17)10-2-1-7-18-10/h3-6,10,15H,1-2,7H2,(H,13,16)(H,14,17). The number of rotatable bonds is 2. The topological polar surface area (TPSA) is 87.7 Å². The van der Waals surface area contributed by atoms with E-state index in [0.29, 0.717) is 18.6 Å². The van der Waals surface area contributed by atoms with E-state index >= 15 is 0 Å². The maximum absolute atomic E-state index is 11.6. The molecule has 2 rings (SSSR count). The van der Waals surface area contributed by atoms with E-state index in [1.807, 2.05) is 0 Å². The highest BCUT2D eigenvalue weighted by molar-refractivity contribution is 5.95. The molecule has 1 aliphatic heterocycles. The summed E-state index contributed by atoms with van der Waals surface area (Å²) in [6.07, 6.45) is 1.04. The quantitative estimate of drug-likeness (QED) is 0.660. The van der Waals surface area contributed by atoms with Gasteiger partial charge in [-0.15, -0.1) is 0 Å². The Morgan fingerprint density at radius 1 is 1.22 bits per heavy atom. The number of hydrogen-bond donors (Lipinski definition) is 3. The number of phenolic OH excluding ortho intramolecular Hbond substituents is 1. The normalized spacial score (nSPS) is 18.3. The van der Waals surface area contributed by atoms with Gasteiger partial charge in [0.05, 0.1) is 0 Å². The highest BCUT2D eigenvalue weighted by atomic mass is 16.5. The van der Waals surface area contributed by atoms with Crippen molar-refractivity contribution in [1.82, 2.24) is 10.9 Å². The van der Waals surface area contributed by atoms with Crippen LogP contribution in [0.5, 0.6) is 5.75 Å². The van der Waals surface area contributed by atoms with Crippen LogP contribution in [0.25, 0.3) is 0 Å². The number of benzene rings is 1. The summed E-state index contributed by atoms with van der Waals surface area (Å²) < 4.78 is 5.17. The molecule has 2 amide bonds. The molecule has 0 bridgehead atoms. The zero-order valence-corrected chi connectivity index (χ0v) is 9.68. The molecule has 0 radical (unpaired) electrons. The Morgan fingerprint density at radius 3 is 2.56 bits per heavy atom. The average molecular weight is 250 g/mol. The van der Waals surface area contributed by atoms with Gasteiger partial charge < -0.3 is 9.84 Å². The van der Waals surface area contributed by atoms with Crippen molar-refractivity contribution < 1.29 is 19.4 Å². The number of carbonyl (C=O) groups excluding carboxylic acids is 2. The van der Waals surface area contributed by atoms with Crippen molar-refractivity contribution in [3.05, 3.63) is 29.8 Å². The number of hydrogen-bond acceptors (Lipinski definition) is 4. The minimum Gasteiger partial charge on any atom is -0.508 e. The van der Waals surface area contributed by atoms with Gasteiger partial charge in [0, 0.05) is 12.2 Å². The van der Waals surface area contributed by atoms with Crippen LogP contribution < -0.4 is 10.9 Å². The lowest BCUT2D eigenvalue weighted by Crippen LogP contribution is -2.46. The van der Waals surface area contributed by atoms with Gasteiger partial charge >= 0.3 is 0 Å². The summed E-state index contributed by atoms with van der Waals surface area (Å²) in [6.45, 7) is 0.573. The molecule has 1 heterocycles. The van der Waals surface area contributed by atoms with Crippen LogP contribution in [0.4, 0.5) is 0 Å². The first-order valence-electron chi connectivity index (χ1n) is 5.67. The number of aromatic hydroxyl groups is 1. The molecule has 0 aliphatic carbocycles. The van der Waals surface area contributed by atoms with Gasteiger partial charge in [0.1, 0.15) is 11.9 Å². The van der Waals surface area contributed by atoms with E-state index < -0.39 is 12.0 Å². The fourth-order valence-corrected chi connectivity index (χ4v) is 1.67. The van der Waals surface area contributed by atoms with Crippen molar-refractivity contribution in [3.8, 4) is 5.75 Å². The first-order valence-corrected chi connectivity index (χ1v) is 5.67. The van der Waals surface area contributed by atoms with Gasteiger partial charge in [0.2, 0.25) is 0 Å². The third-order valence-corrected chi connectivity index (χ3v) is 2.65. The van der Waals surface area contributed by atoms with Crippen molar-refractivity contribution in [3.63, 3.8) is 0 Å². The van der Waals surface area contributed by atoms with Gasteiger partial charge in [-0.05, 0) is 37.1 Å².